The van der Waals surface area contributed by atoms with Gasteiger partial charge in [0.25, 0.3) is 5.91 Å². The number of thioether (sulfide) groups is 1. The normalized spacial score (nSPS) is 26.9. The van der Waals surface area contributed by atoms with Crippen LogP contribution in [-0.2, 0) is 24.0 Å². The van der Waals surface area contributed by atoms with Gasteiger partial charge in [-0.25, -0.2) is 4.79 Å². The second kappa shape index (κ2) is 7.95. The standard InChI is InChI=1S/C21H25BrN2O4S/c1-3-28-19(26)17-12-29-21(24(17)18(25)13-7-5-4-6-8-13)15-11-14(22)9-10-16(15)23(2)20(21)27/h9-11,13,17H,3-8,12H2,1-2H3/t17-,21-/m0/s1. The first-order valence-corrected chi connectivity index (χ1v) is 11.9. The molecule has 6 nitrogen and oxygen atoms in total. The second-order valence-corrected chi connectivity index (χ2v) is 9.92. The lowest BCUT2D eigenvalue weighted by Crippen LogP contribution is -2.56. The molecule has 1 aromatic carbocycles. The molecule has 8 heteroatoms. The van der Waals surface area contributed by atoms with Crippen LogP contribution in [0.2, 0.25) is 0 Å². The molecule has 2 aliphatic heterocycles. The van der Waals surface area contributed by atoms with Gasteiger partial charge in [-0.1, -0.05) is 35.2 Å². The van der Waals surface area contributed by atoms with Crippen LogP contribution >= 0.6 is 27.7 Å². The van der Waals surface area contributed by atoms with Gasteiger partial charge < -0.3 is 14.5 Å². The van der Waals surface area contributed by atoms with Gasteiger partial charge in [0.05, 0.1) is 12.3 Å². The van der Waals surface area contributed by atoms with Crippen molar-refractivity contribution in [2.24, 2.45) is 5.92 Å². The number of amides is 2. The molecule has 2 heterocycles. The van der Waals surface area contributed by atoms with Gasteiger partial charge in [0.2, 0.25) is 5.91 Å². The van der Waals surface area contributed by atoms with Crippen molar-refractivity contribution in [2.75, 3.05) is 24.3 Å². The fourth-order valence-corrected chi connectivity index (χ4v) is 6.71. The summed E-state index contributed by atoms with van der Waals surface area (Å²) in [6, 6.07) is 4.92. The summed E-state index contributed by atoms with van der Waals surface area (Å²) in [6.07, 6.45) is 4.75. The predicted octanol–water partition coefficient (Wildman–Crippen LogP) is 3.67. The van der Waals surface area contributed by atoms with E-state index in [1.54, 1.807) is 23.8 Å². The van der Waals surface area contributed by atoms with Gasteiger partial charge >= 0.3 is 5.97 Å². The van der Waals surface area contributed by atoms with Crippen molar-refractivity contribution < 1.29 is 19.1 Å². The molecule has 2 amide bonds. The first-order valence-electron chi connectivity index (χ1n) is 10.1. The van der Waals surface area contributed by atoms with Crippen molar-refractivity contribution in [3.05, 3.63) is 28.2 Å². The number of likely N-dealkylation sites (N-methyl/N-ethyl adjacent to an activating group) is 1. The lowest BCUT2D eigenvalue weighted by molar-refractivity contribution is -0.159. The molecule has 1 aliphatic carbocycles. The highest BCUT2D eigenvalue weighted by molar-refractivity contribution is 9.10. The smallest absolute Gasteiger partial charge is 0.329 e. The third-order valence-electron chi connectivity index (χ3n) is 6.13. The molecule has 0 N–H and O–H groups in total. The lowest BCUT2D eigenvalue weighted by Gasteiger charge is -2.38. The Morgan fingerprint density at radius 1 is 1.28 bits per heavy atom. The van der Waals surface area contributed by atoms with E-state index in [1.165, 1.54) is 11.8 Å². The maximum Gasteiger partial charge on any atom is 0.329 e. The Labute approximate surface area is 183 Å². The number of nitrogens with zero attached hydrogens (tertiary/aromatic N) is 2. The van der Waals surface area contributed by atoms with E-state index in [4.69, 9.17) is 4.74 Å². The number of hydrogen-bond acceptors (Lipinski definition) is 5. The van der Waals surface area contributed by atoms with Crippen LogP contribution in [0.4, 0.5) is 5.69 Å². The van der Waals surface area contributed by atoms with Crippen LogP contribution in [0, 0.1) is 5.92 Å². The largest absolute Gasteiger partial charge is 0.464 e. The lowest BCUT2D eigenvalue weighted by atomic mass is 9.87. The summed E-state index contributed by atoms with van der Waals surface area (Å²) < 4.78 is 6.13. The molecule has 29 heavy (non-hydrogen) atoms. The van der Waals surface area contributed by atoms with Crippen molar-refractivity contribution >= 4 is 51.2 Å². The molecule has 1 saturated heterocycles. The molecule has 2 atom stereocenters. The minimum absolute atomic E-state index is 0.0951. The average molecular weight is 481 g/mol. The zero-order valence-electron chi connectivity index (χ0n) is 16.7. The topological polar surface area (TPSA) is 66.9 Å². The highest BCUT2D eigenvalue weighted by atomic mass is 79.9. The van der Waals surface area contributed by atoms with E-state index in [2.05, 4.69) is 15.9 Å². The van der Waals surface area contributed by atoms with Gasteiger partial charge in [-0.15, -0.1) is 11.8 Å². The van der Waals surface area contributed by atoms with E-state index in [9.17, 15) is 14.4 Å². The zero-order chi connectivity index (χ0) is 20.8. The summed E-state index contributed by atoms with van der Waals surface area (Å²) in [5.74, 6) is -0.498. The minimum Gasteiger partial charge on any atom is -0.464 e. The van der Waals surface area contributed by atoms with Crippen LogP contribution < -0.4 is 4.90 Å². The summed E-state index contributed by atoms with van der Waals surface area (Å²) in [7, 11) is 1.73. The minimum atomic E-state index is -1.21. The van der Waals surface area contributed by atoms with E-state index in [0.717, 1.165) is 47.8 Å². The number of carbonyl (C=O) groups excluding carboxylic acids is 3. The Morgan fingerprint density at radius 3 is 2.69 bits per heavy atom. The number of ether oxygens (including phenoxy) is 1. The van der Waals surface area contributed by atoms with Gasteiger partial charge in [0.15, 0.2) is 4.87 Å². The van der Waals surface area contributed by atoms with Crippen LogP contribution in [0.15, 0.2) is 22.7 Å². The summed E-state index contributed by atoms with van der Waals surface area (Å²) in [6.45, 7) is 2.00. The predicted molar refractivity (Wildman–Crippen MR) is 116 cm³/mol. The molecule has 4 rings (SSSR count). The van der Waals surface area contributed by atoms with Crippen molar-refractivity contribution in [3.8, 4) is 0 Å². The highest BCUT2D eigenvalue weighted by Crippen LogP contribution is 2.56. The number of anilines is 1. The SMILES string of the molecule is CCOC(=O)[C@@H]1CS[C@@]2(C(=O)N(C)c3ccc(Br)cc32)N1C(=O)C1CCCCC1. The van der Waals surface area contributed by atoms with Crippen LogP contribution in [0.25, 0.3) is 0 Å². The van der Waals surface area contributed by atoms with Gasteiger partial charge in [-0.2, -0.15) is 0 Å². The van der Waals surface area contributed by atoms with E-state index in [0.29, 0.717) is 5.75 Å². The fraction of sp³-hybridized carbons (Fsp3) is 0.571. The van der Waals surface area contributed by atoms with E-state index in [1.807, 2.05) is 18.2 Å². The van der Waals surface area contributed by atoms with E-state index in [-0.39, 0.29) is 24.3 Å². The Bertz CT molecular complexity index is 857. The second-order valence-electron chi connectivity index (χ2n) is 7.79. The molecule has 1 spiro atoms. The first-order chi connectivity index (χ1) is 13.9. The molecule has 2 fully saturated rings. The molecular formula is C21H25BrN2O4S. The van der Waals surface area contributed by atoms with Crippen molar-refractivity contribution in [1.29, 1.82) is 0 Å². The third-order valence-corrected chi connectivity index (χ3v) is 8.12. The monoisotopic (exact) mass is 480 g/mol. The van der Waals surface area contributed by atoms with Crippen LogP contribution in [-0.4, -0.2) is 48.1 Å². The van der Waals surface area contributed by atoms with Crippen LogP contribution in [0.5, 0.6) is 0 Å². The molecule has 0 radical (unpaired) electrons. The molecule has 1 saturated carbocycles. The highest BCUT2D eigenvalue weighted by Gasteiger charge is 2.63. The summed E-state index contributed by atoms with van der Waals surface area (Å²) >= 11 is 4.87. The van der Waals surface area contributed by atoms with Gasteiger partial charge in [-0.05, 0) is 38.0 Å². The molecule has 0 bridgehead atoms. The van der Waals surface area contributed by atoms with Gasteiger partial charge in [-0.3, -0.25) is 9.59 Å². The maximum atomic E-state index is 13.7. The number of esters is 1. The molecule has 156 valence electrons. The molecule has 0 aromatic heterocycles. The van der Waals surface area contributed by atoms with Crippen molar-refractivity contribution in [1.82, 2.24) is 4.90 Å². The van der Waals surface area contributed by atoms with Crippen LogP contribution in [0.1, 0.15) is 44.6 Å². The zero-order valence-corrected chi connectivity index (χ0v) is 19.1. The number of hydrogen-bond donors (Lipinski definition) is 0. The summed E-state index contributed by atoms with van der Waals surface area (Å²) in [5, 5.41) is 0. The molecular weight excluding hydrogens is 456 g/mol. The molecule has 0 unspecified atom stereocenters. The van der Waals surface area contributed by atoms with Crippen molar-refractivity contribution in [3.63, 3.8) is 0 Å². The number of fused-ring (bicyclic) bond motifs is 2. The number of rotatable bonds is 3. The Hall–Kier alpha value is -1.54. The fourth-order valence-electron chi connectivity index (χ4n) is 4.73. The van der Waals surface area contributed by atoms with E-state index >= 15 is 0 Å². The van der Waals surface area contributed by atoms with E-state index < -0.39 is 16.9 Å². The third kappa shape index (κ3) is 3.19. The molecule has 3 aliphatic rings. The van der Waals surface area contributed by atoms with Crippen LogP contribution in [0.3, 0.4) is 0 Å². The number of halogens is 1. The number of carbonyl (C=O) groups is 3. The molecule has 1 aromatic rings. The summed E-state index contributed by atoms with van der Waals surface area (Å²) in [4.78, 5) is 42.1. The number of benzene rings is 1. The van der Waals surface area contributed by atoms with Gasteiger partial charge in [0, 0.05) is 28.8 Å². The first kappa shape index (κ1) is 20.7. The average Bonchev–Trinajstić information content (AvgIpc) is 3.22. The Balaban J connectivity index is 1.83. The quantitative estimate of drug-likeness (QED) is 0.617. The van der Waals surface area contributed by atoms with Gasteiger partial charge in [0.1, 0.15) is 6.04 Å². The van der Waals surface area contributed by atoms with Crippen molar-refractivity contribution in [2.45, 2.75) is 49.9 Å². The Kier molecular flexibility index (Phi) is 5.68. The summed E-state index contributed by atoms with van der Waals surface area (Å²) in [5.41, 5.74) is 1.54. The maximum absolute atomic E-state index is 13.7. The Morgan fingerprint density at radius 2 is 2.00 bits per heavy atom.